The third kappa shape index (κ3) is 2.43. The minimum absolute atomic E-state index is 0.0613. The molecule has 0 aliphatic carbocycles. The molecule has 0 saturated carbocycles. The maximum absolute atomic E-state index is 11.2. The molecule has 88 valence electrons. The predicted octanol–water partition coefficient (Wildman–Crippen LogP) is 2.07. The van der Waals surface area contributed by atoms with Crippen molar-refractivity contribution in [1.82, 2.24) is 0 Å². The number of carbonyl (C=O) groups excluding carboxylic acids is 1. The van der Waals surface area contributed by atoms with E-state index in [1.54, 1.807) is 0 Å². The van der Waals surface area contributed by atoms with E-state index in [-0.39, 0.29) is 17.1 Å². The summed E-state index contributed by atoms with van der Waals surface area (Å²) < 4.78 is 0. The molecule has 0 aliphatic rings. The molecule has 5 heteroatoms. The maximum Gasteiger partial charge on any atom is 0.373 e. The first kappa shape index (κ1) is 12.3. The molecule has 1 aromatic carbocycles. The highest BCUT2D eigenvalue weighted by Gasteiger charge is 2.18. The zero-order chi connectivity index (χ0) is 12.1. The van der Waals surface area contributed by atoms with E-state index in [0.29, 0.717) is 12.0 Å². The van der Waals surface area contributed by atoms with Crippen LogP contribution in [0.25, 0.3) is 0 Å². The number of hydrogen-bond donors (Lipinski definition) is 3. The zero-order valence-corrected chi connectivity index (χ0v) is 8.93. The van der Waals surface area contributed by atoms with Gasteiger partial charge in [-0.1, -0.05) is 13.3 Å². The van der Waals surface area contributed by atoms with Crippen molar-refractivity contribution in [1.29, 1.82) is 0 Å². The van der Waals surface area contributed by atoms with Crippen molar-refractivity contribution < 1.29 is 25.2 Å². The standard InChI is InChI=1S/C11H14O5/c1-2-3-4-7-8(11(14)16-15)5-6-9(12)10(7)13/h5-6,12-13,15H,2-4H2,1H3. The van der Waals surface area contributed by atoms with Crippen LogP contribution < -0.4 is 0 Å². The minimum Gasteiger partial charge on any atom is -0.504 e. The summed E-state index contributed by atoms with van der Waals surface area (Å²) in [7, 11) is 0. The smallest absolute Gasteiger partial charge is 0.373 e. The lowest BCUT2D eigenvalue weighted by molar-refractivity contribution is -0.182. The van der Waals surface area contributed by atoms with Gasteiger partial charge in [0.1, 0.15) is 0 Å². The van der Waals surface area contributed by atoms with Gasteiger partial charge in [-0.3, -0.25) is 4.89 Å². The van der Waals surface area contributed by atoms with Gasteiger partial charge in [-0.2, -0.15) is 5.26 Å². The molecule has 3 N–H and O–H groups in total. The van der Waals surface area contributed by atoms with Gasteiger partial charge < -0.3 is 10.2 Å². The van der Waals surface area contributed by atoms with Crippen molar-refractivity contribution in [3.63, 3.8) is 0 Å². The quantitative estimate of drug-likeness (QED) is 0.415. The van der Waals surface area contributed by atoms with Gasteiger partial charge in [-0.25, -0.2) is 4.79 Å². The van der Waals surface area contributed by atoms with Crippen molar-refractivity contribution in [2.24, 2.45) is 0 Å². The summed E-state index contributed by atoms with van der Waals surface area (Å²) in [6.07, 6.45) is 2.06. The lowest BCUT2D eigenvalue weighted by Gasteiger charge is -2.09. The van der Waals surface area contributed by atoms with Crippen LogP contribution in [0.1, 0.15) is 35.7 Å². The van der Waals surface area contributed by atoms with Crippen LogP contribution in [0, 0.1) is 0 Å². The Hall–Kier alpha value is -1.75. The molecule has 0 saturated heterocycles. The molecule has 1 aromatic rings. The fourth-order valence-corrected chi connectivity index (χ4v) is 1.47. The molecule has 0 fully saturated rings. The van der Waals surface area contributed by atoms with Gasteiger partial charge in [0, 0.05) is 5.56 Å². The van der Waals surface area contributed by atoms with E-state index in [2.05, 4.69) is 4.89 Å². The monoisotopic (exact) mass is 226 g/mol. The Morgan fingerprint density at radius 2 is 2.06 bits per heavy atom. The highest BCUT2D eigenvalue weighted by atomic mass is 17.1. The summed E-state index contributed by atoms with van der Waals surface area (Å²) in [5.74, 6) is -1.57. The number of unbranched alkanes of at least 4 members (excludes halogenated alkanes) is 1. The number of aromatic hydroxyl groups is 2. The Labute approximate surface area is 92.8 Å². The van der Waals surface area contributed by atoms with E-state index in [9.17, 15) is 15.0 Å². The van der Waals surface area contributed by atoms with Crippen LogP contribution in [0.5, 0.6) is 11.5 Å². The van der Waals surface area contributed by atoms with E-state index in [1.165, 1.54) is 12.1 Å². The molecular weight excluding hydrogens is 212 g/mol. The summed E-state index contributed by atoms with van der Waals surface area (Å²) in [6, 6.07) is 2.48. The van der Waals surface area contributed by atoms with Gasteiger partial charge >= 0.3 is 5.97 Å². The Morgan fingerprint density at radius 1 is 1.38 bits per heavy atom. The molecule has 0 atom stereocenters. The van der Waals surface area contributed by atoms with Crippen LogP contribution in [0.2, 0.25) is 0 Å². The van der Waals surface area contributed by atoms with Crippen molar-refractivity contribution in [2.75, 3.05) is 0 Å². The number of phenolic OH excluding ortho intramolecular Hbond substituents is 2. The first-order valence-corrected chi connectivity index (χ1v) is 5.01. The Bertz CT molecular complexity index is 386. The lowest BCUT2D eigenvalue weighted by atomic mass is 10.0. The van der Waals surface area contributed by atoms with Gasteiger partial charge in [-0.05, 0) is 25.0 Å². The third-order valence-corrected chi connectivity index (χ3v) is 2.34. The number of carbonyl (C=O) groups is 1. The number of hydrogen-bond acceptors (Lipinski definition) is 5. The summed E-state index contributed by atoms with van der Waals surface area (Å²) in [4.78, 5) is 14.8. The van der Waals surface area contributed by atoms with Gasteiger partial charge in [-0.15, -0.1) is 0 Å². The number of phenols is 2. The highest BCUT2D eigenvalue weighted by Crippen LogP contribution is 2.32. The summed E-state index contributed by atoms with van der Waals surface area (Å²) in [5, 5.41) is 27.2. The van der Waals surface area contributed by atoms with E-state index in [4.69, 9.17) is 5.26 Å². The van der Waals surface area contributed by atoms with Crippen LogP contribution in [0.4, 0.5) is 0 Å². The minimum atomic E-state index is -0.943. The fourth-order valence-electron chi connectivity index (χ4n) is 1.47. The maximum atomic E-state index is 11.2. The second kappa shape index (κ2) is 5.37. The van der Waals surface area contributed by atoms with Gasteiger partial charge in [0.25, 0.3) is 0 Å². The average molecular weight is 226 g/mol. The van der Waals surface area contributed by atoms with Gasteiger partial charge in [0.15, 0.2) is 11.5 Å². The zero-order valence-electron chi connectivity index (χ0n) is 8.93. The second-order valence-corrected chi connectivity index (χ2v) is 3.44. The number of benzene rings is 1. The first-order chi connectivity index (χ1) is 7.61. The summed E-state index contributed by atoms with van der Waals surface area (Å²) >= 11 is 0. The normalized spacial score (nSPS) is 10.1. The van der Waals surface area contributed by atoms with E-state index in [1.807, 2.05) is 6.92 Å². The lowest BCUT2D eigenvalue weighted by Crippen LogP contribution is -2.06. The van der Waals surface area contributed by atoms with Gasteiger partial charge in [0.05, 0.1) is 5.56 Å². The van der Waals surface area contributed by atoms with Crippen LogP contribution in [-0.2, 0) is 11.3 Å². The highest BCUT2D eigenvalue weighted by molar-refractivity contribution is 5.91. The summed E-state index contributed by atoms with van der Waals surface area (Å²) in [6.45, 7) is 1.96. The Morgan fingerprint density at radius 3 is 2.62 bits per heavy atom. The topological polar surface area (TPSA) is 87.0 Å². The molecule has 16 heavy (non-hydrogen) atoms. The SMILES string of the molecule is CCCCc1c(C(=O)OO)ccc(O)c1O. The van der Waals surface area contributed by atoms with Crippen molar-refractivity contribution >= 4 is 5.97 Å². The molecule has 5 nitrogen and oxygen atoms in total. The van der Waals surface area contributed by atoms with E-state index < -0.39 is 5.97 Å². The molecule has 0 radical (unpaired) electrons. The molecular formula is C11H14O5. The summed E-state index contributed by atoms with van der Waals surface area (Å²) in [5.41, 5.74) is 0.354. The molecule has 0 heterocycles. The van der Waals surface area contributed by atoms with Crippen LogP contribution >= 0.6 is 0 Å². The third-order valence-electron chi connectivity index (χ3n) is 2.34. The average Bonchev–Trinajstić information content (AvgIpc) is 2.30. The first-order valence-electron chi connectivity index (χ1n) is 5.01. The van der Waals surface area contributed by atoms with Crippen LogP contribution in [0.3, 0.4) is 0 Å². The van der Waals surface area contributed by atoms with Crippen LogP contribution in [-0.4, -0.2) is 21.4 Å². The van der Waals surface area contributed by atoms with Crippen LogP contribution in [0.15, 0.2) is 12.1 Å². The second-order valence-electron chi connectivity index (χ2n) is 3.44. The molecule has 0 spiro atoms. The molecule has 1 rings (SSSR count). The molecule has 0 amide bonds. The van der Waals surface area contributed by atoms with Gasteiger partial charge in [0.2, 0.25) is 0 Å². The molecule has 0 bridgehead atoms. The number of rotatable bonds is 4. The van der Waals surface area contributed by atoms with Crippen molar-refractivity contribution in [3.05, 3.63) is 23.3 Å². The van der Waals surface area contributed by atoms with Crippen molar-refractivity contribution in [2.45, 2.75) is 26.2 Å². The largest absolute Gasteiger partial charge is 0.504 e. The predicted molar refractivity (Wildman–Crippen MR) is 56.4 cm³/mol. The van der Waals surface area contributed by atoms with Crippen molar-refractivity contribution in [3.8, 4) is 11.5 Å². The molecule has 0 aromatic heterocycles. The molecule has 0 unspecified atom stereocenters. The Balaban J connectivity index is 3.16. The van der Waals surface area contributed by atoms with E-state index >= 15 is 0 Å². The Kier molecular flexibility index (Phi) is 4.13. The van der Waals surface area contributed by atoms with E-state index in [0.717, 1.165) is 12.8 Å². The molecule has 0 aliphatic heterocycles. The fraction of sp³-hybridized carbons (Fsp3) is 0.364.